The van der Waals surface area contributed by atoms with Crippen LogP contribution in [0, 0.1) is 34.0 Å². The van der Waals surface area contributed by atoms with Crippen molar-refractivity contribution >= 4 is 0 Å². The van der Waals surface area contributed by atoms with Crippen molar-refractivity contribution in [1.82, 2.24) is 13.7 Å². The summed E-state index contributed by atoms with van der Waals surface area (Å²) in [5, 5.41) is 33.9. The van der Waals surface area contributed by atoms with E-state index in [9.17, 15) is 15.3 Å². The van der Waals surface area contributed by atoms with Gasteiger partial charge >= 0.3 is 17.1 Å². The molecule has 4 rings (SSSR count). The van der Waals surface area contributed by atoms with Gasteiger partial charge in [0.05, 0.1) is 18.1 Å². The van der Waals surface area contributed by atoms with E-state index in [4.69, 9.17) is 0 Å². The van der Waals surface area contributed by atoms with Gasteiger partial charge in [-0.05, 0) is 159 Å². The first-order valence-electron chi connectivity index (χ1n) is 25.8. The lowest BCUT2D eigenvalue weighted by atomic mass is 9.78. The molecule has 0 radical (unpaired) electrons. The molecule has 0 spiro atoms. The van der Waals surface area contributed by atoms with Crippen LogP contribution in [0.5, 0.6) is 17.2 Å². The van der Waals surface area contributed by atoms with E-state index in [2.05, 4.69) is 83.1 Å². The van der Waals surface area contributed by atoms with Crippen LogP contribution in [-0.4, -0.2) is 29.0 Å². The topological polar surface area (TPSA) is 127 Å². The van der Waals surface area contributed by atoms with Crippen LogP contribution >= 0.6 is 0 Å². The van der Waals surface area contributed by atoms with Crippen molar-refractivity contribution in [3.63, 3.8) is 0 Å². The summed E-state index contributed by atoms with van der Waals surface area (Å²) in [4.78, 5) is 48.4. The van der Waals surface area contributed by atoms with Gasteiger partial charge in [0, 0.05) is 0 Å². The molecule has 0 amide bonds. The predicted octanol–water partition coefficient (Wildman–Crippen LogP) is 14.3. The van der Waals surface area contributed by atoms with Crippen LogP contribution in [0.1, 0.15) is 235 Å². The number of hydrogen-bond acceptors (Lipinski definition) is 6. The minimum Gasteiger partial charge on any atom is -0.508 e. The Balaban J connectivity index is 2.35. The molecule has 0 fully saturated rings. The van der Waals surface area contributed by atoms with Crippen LogP contribution in [0.3, 0.4) is 0 Å². The number of rotatable bonds is 15. The Bertz CT molecular complexity index is 2270. The number of phenols is 3. The quantitative estimate of drug-likeness (QED) is 0.109. The van der Waals surface area contributed by atoms with Crippen LogP contribution in [0.15, 0.2) is 69.0 Å². The Hall–Kier alpha value is -4.53. The first kappa shape index (κ1) is 57.1. The molecule has 4 aromatic rings. The molecule has 0 saturated heterocycles. The third kappa shape index (κ3) is 13.5. The highest BCUT2D eigenvalue weighted by Crippen LogP contribution is 2.41. The normalized spacial score (nSPS) is 16.0. The molecule has 6 atom stereocenters. The van der Waals surface area contributed by atoms with Crippen molar-refractivity contribution < 1.29 is 15.3 Å². The second-order valence-corrected chi connectivity index (χ2v) is 27.1. The fourth-order valence-corrected chi connectivity index (χ4v) is 9.34. The highest BCUT2D eigenvalue weighted by atomic mass is 16.3. The van der Waals surface area contributed by atoms with Gasteiger partial charge in [0.15, 0.2) is 0 Å². The molecule has 0 aliphatic carbocycles. The van der Waals surface area contributed by atoms with Crippen LogP contribution in [0.2, 0.25) is 0 Å². The molecule has 9 nitrogen and oxygen atoms in total. The van der Waals surface area contributed by atoms with Gasteiger partial charge in [0.1, 0.15) is 17.2 Å². The first-order valence-corrected chi connectivity index (χ1v) is 25.8. The SMILES string of the molecule is CC(CCC(c1ccc(O)c(C(C)(C)C)c1)n1c(=O)n(C(CCC(C)C(C)(C)C)c2ccc(O)c(C(C)(C)C)c2)c(=O)n(C(CCC(C)C(C)(C)C)c2ccc(O)c(C(C)(C)C)c2)c1=O)C(C)(C)C. The van der Waals surface area contributed by atoms with Crippen LogP contribution in [-0.2, 0) is 16.2 Å². The van der Waals surface area contributed by atoms with Crippen LogP contribution in [0.4, 0.5) is 0 Å². The average molecular weight is 952 g/mol. The second-order valence-electron chi connectivity index (χ2n) is 27.1. The maximum atomic E-state index is 16.1. The van der Waals surface area contributed by atoms with E-state index in [1.165, 1.54) is 13.7 Å². The maximum absolute atomic E-state index is 16.1. The van der Waals surface area contributed by atoms with Gasteiger partial charge in [-0.25, -0.2) is 28.1 Å². The first-order chi connectivity index (χ1) is 31.3. The summed E-state index contributed by atoms with van der Waals surface area (Å²) in [6, 6.07) is 13.8. The summed E-state index contributed by atoms with van der Waals surface area (Å²) in [6.07, 6.45) is 3.26. The average Bonchev–Trinajstić information content (AvgIpc) is 3.19. The summed E-state index contributed by atoms with van der Waals surface area (Å²) in [5.41, 5.74) is 0.470. The fraction of sp³-hybridized carbons (Fsp3) is 0.650. The summed E-state index contributed by atoms with van der Waals surface area (Å²) in [7, 11) is 0. The Morgan fingerprint density at radius 1 is 0.362 bits per heavy atom. The molecule has 6 unspecified atom stereocenters. The molecule has 0 saturated carbocycles. The number of nitrogens with zero attached hydrogens (tertiary/aromatic N) is 3. The molecule has 3 N–H and O–H groups in total. The molecule has 384 valence electrons. The van der Waals surface area contributed by atoms with Crippen molar-refractivity contribution in [3.8, 4) is 17.2 Å². The molecule has 0 aliphatic rings. The highest BCUT2D eigenvalue weighted by molar-refractivity contribution is 5.44. The Morgan fingerprint density at radius 3 is 0.739 bits per heavy atom. The molecular weight excluding hydrogens is 859 g/mol. The predicted molar refractivity (Wildman–Crippen MR) is 288 cm³/mol. The van der Waals surface area contributed by atoms with Gasteiger partial charge in [-0.1, -0.05) is 164 Å². The third-order valence-electron chi connectivity index (χ3n) is 15.9. The van der Waals surface area contributed by atoms with E-state index >= 15 is 14.4 Å². The van der Waals surface area contributed by atoms with Crippen molar-refractivity contribution in [3.05, 3.63) is 119 Å². The summed E-state index contributed by atoms with van der Waals surface area (Å²) in [5.74, 6) is 0.985. The number of hydrogen-bond donors (Lipinski definition) is 3. The molecular formula is C60H93N3O6. The third-order valence-corrected chi connectivity index (χ3v) is 15.9. The van der Waals surface area contributed by atoms with Gasteiger partial charge in [0.25, 0.3) is 0 Å². The van der Waals surface area contributed by atoms with Crippen molar-refractivity contribution in [2.45, 2.75) is 218 Å². The highest BCUT2D eigenvalue weighted by Gasteiger charge is 2.35. The largest absolute Gasteiger partial charge is 0.508 e. The van der Waals surface area contributed by atoms with Crippen molar-refractivity contribution in [2.75, 3.05) is 0 Å². The van der Waals surface area contributed by atoms with Gasteiger partial charge in [-0.3, -0.25) is 0 Å². The van der Waals surface area contributed by atoms with E-state index in [-0.39, 0.29) is 51.2 Å². The maximum Gasteiger partial charge on any atom is 0.337 e. The molecule has 0 aliphatic heterocycles. The number of aromatic hydroxyl groups is 3. The van der Waals surface area contributed by atoms with Crippen molar-refractivity contribution in [1.29, 1.82) is 0 Å². The lowest BCUT2D eigenvalue weighted by molar-refractivity contribution is 0.222. The number of aromatic nitrogens is 3. The smallest absolute Gasteiger partial charge is 0.337 e. The summed E-state index contributed by atoms with van der Waals surface area (Å²) >= 11 is 0. The summed E-state index contributed by atoms with van der Waals surface area (Å²) < 4.78 is 4.06. The van der Waals surface area contributed by atoms with Gasteiger partial charge < -0.3 is 15.3 Å². The number of phenolic OH excluding ortho intramolecular Hbond substituents is 3. The van der Waals surface area contributed by atoms with Gasteiger partial charge in [-0.2, -0.15) is 0 Å². The minimum atomic E-state index is -0.812. The zero-order valence-corrected chi connectivity index (χ0v) is 46.8. The molecule has 9 heteroatoms. The Labute approximate surface area is 416 Å². The van der Waals surface area contributed by atoms with Gasteiger partial charge in [0.2, 0.25) is 0 Å². The van der Waals surface area contributed by atoms with E-state index in [0.717, 1.165) is 0 Å². The fourth-order valence-electron chi connectivity index (χ4n) is 9.34. The van der Waals surface area contributed by atoms with E-state index in [1.807, 2.05) is 98.7 Å². The monoisotopic (exact) mass is 952 g/mol. The minimum absolute atomic E-state index is 0.0724. The van der Waals surface area contributed by atoms with E-state index in [1.54, 1.807) is 18.2 Å². The summed E-state index contributed by atoms with van der Waals surface area (Å²) in [6.45, 7) is 44.6. The Morgan fingerprint density at radius 2 is 0.565 bits per heavy atom. The number of benzene rings is 3. The molecule has 1 aromatic heterocycles. The van der Waals surface area contributed by atoms with E-state index in [0.29, 0.717) is 71.9 Å². The Kier molecular flexibility index (Phi) is 17.1. The molecule has 69 heavy (non-hydrogen) atoms. The lowest BCUT2D eigenvalue weighted by Crippen LogP contribution is -2.57. The standard InChI is InChI=1S/C60H93N3O6/c1-37(55(4,5)6)22-28-46(40-25-31-49(64)43(34-40)58(13,14)15)61-52(67)62(47(29-23-38(2)56(7,8)9)41-26-32-50(65)44(35-41)59(16,17)18)54(69)63(53(61)68)48(30-24-39(3)57(10,11)12)42-27-33-51(66)45(36-42)60(19,20)21/h25-27,31-39,46-48,64-66H,22-24,28-30H2,1-21H3. The second kappa shape index (κ2) is 20.7. The zero-order valence-electron chi connectivity index (χ0n) is 46.8. The molecule has 1 heterocycles. The van der Waals surface area contributed by atoms with Crippen LogP contribution in [0.25, 0.3) is 0 Å². The lowest BCUT2D eigenvalue weighted by Gasteiger charge is -2.33. The molecule has 0 bridgehead atoms. The van der Waals surface area contributed by atoms with Crippen LogP contribution < -0.4 is 17.1 Å². The molecule has 3 aromatic carbocycles. The van der Waals surface area contributed by atoms with E-state index < -0.39 is 51.4 Å². The van der Waals surface area contributed by atoms with Gasteiger partial charge in [-0.15, -0.1) is 0 Å². The van der Waals surface area contributed by atoms with Crippen molar-refractivity contribution in [2.24, 2.45) is 34.0 Å². The zero-order chi connectivity index (χ0) is 52.7.